The summed E-state index contributed by atoms with van der Waals surface area (Å²) >= 11 is 0. The van der Waals surface area contributed by atoms with Crippen LogP contribution in [0.25, 0.3) is 0 Å². The summed E-state index contributed by atoms with van der Waals surface area (Å²) in [6.45, 7) is 3.49. The number of hydrogen-bond acceptors (Lipinski definition) is 6. The van der Waals surface area contributed by atoms with Gasteiger partial charge in [-0.05, 0) is 79.5 Å². The molecule has 1 saturated carbocycles. The number of carbonyl (C=O) groups excluding carboxylic acids is 3. The van der Waals surface area contributed by atoms with Crippen molar-refractivity contribution in [2.45, 2.75) is 44.6 Å². The lowest BCUT2D eigenvalue weighted by atomic mass is 9.57. The number of aromatic carboxylic acids is 1. The van der Waals surface area contributed by atoms with Gasteiger partial charge < -0.3 is 25.5 Å². The Bertz CT molecular complexity index is 1490. The van der Waals surface area contributed by atoms with Crippen molar-refractivity contribution in [2.24, 2.45) is 17.1 Å². The number of guanidine groups is 1. The van der Waals surface area contributed by atoms with Crippen LogP contribution >= 0.6 is 0 Å². The van der Waals surface area contributed by atoms with Crippen LogP contribution in [0.4, 0.5) is 5.69 Å². The van der Waals surface area contributed by atoms with Crippen molar-refractivity contribution in [2.75, 3.05) is 51.2 Å². The van der Waals surface area contributed by atoms with Gasteiger partial charge in [-0.3, -0.25) is 24.7 Å². The molecule has 0 aromatic heterocycles. The highest BCUT2D eigenvalue weighted by molar-refractivity contribution is 5.98. The highest BCUT2D eigenvalue weighted by atomic mass is 16.4. The molecule has 3 aliphatic heterocycles. The molecule has 232 valence electrons. The number of hydrogen-bond donors (Lipinski definition) is 3. The maximum atomic E-state index is 14.1. The van der Waals surface area contributed by atoms with Gasteiger partial charge in [0.05, 0.1) is 12.1 Å². The average Bonchev–Trinajstić information content (AvgIpc) is 2.99. The van der Waals surface area contributed by atoms with Crippen LogP contribution in [-0.4, -0.2) is 95.6 Å². The molecule has 11 heteroatoms. The Morgan fingerprint density at radius 2 is 1.70 bits per heavy atom. The minimum Gasteiger partial charge on any atom is -0.478 e. The molecular weight excluding hydrogens is 560 g/mol. The second-order valence-electron chi connectivity index (χ2n) is 12.9. The van der Waals surface area contributed by atoms with E-state index in [1.165, 1.54) is 12.1 Å². The van der Waals surface area contributed by atoms with E-state index in [0.717, 1.165) is 62.1 Å². The molecule has 0 bridgehead atoms. The van der Waals surface area contributed by atoms with Crippen molar-refractivity contribution >= 4 is 35.2 Å². The number of nitrogens with two attached hydrogens (primary N) is 1. The lowest BCUT2D eigenvalue weighted by molar-refractivity contribution is -0.151. The zero-order valence-electron chi connectivity index (χ0n) is 25.1. The first kappa shape index (κ1) is 29.8. The predicted octanol–water partition coefficient (Wildman–Crippen LogP) is 2.29. The fourth-order valence-electron chi connectivity index (χ4n) is 7.62. The zero-order chi connectivity index (χ0) is 31.2. The van der Waals surface area contributed by atoms with E-state index in [1.807, 2.05) is 39.9 Å². The largest absolute Gasteiger partial charge is 0.478 e. The fraction of sp³-hybridized carbons (Fsp3) is 0.485. The van der Waals surface area contributed by atoms with Crippen LogP contribution in [-0.2, 0) is 27.2 Å². The second kappa shape index (κ2) is 11.7. The smallest absolute Gasteiger partial charge is 0.335 e. The number of amides is 2. The molecule has 1 aliphatic carbocycles. The Labute approximate surface area is 257 Å². The minimum absolute atomic E-state index is 0.00377. The third-order valence-corrected chi connectivity index (χ3v) is 10.1. The molecule has 1 spiro atoms. The van der Waals surface area contributed by atoms with Crippen molar-refractivity contribution in [1.82, 2.24) is 14.7 Å². The number of benzene rings is 2. The van der Waals surface area contributed by atoms with Gasteiger partial charge in [0.25, 0.3) is 0 Å². The number of nitrogens with one attached hydrogen (secondary N) is 1. The van der Waals surface area contributed by atoms with E-state index in [0.29, 0.717) is 31.6 Å². The maximum Gasteiger partial charge on any atom is 0.335 e. The third kappa shape index (κ3) is 5.56. The second-order valence-corrected chi connectivity index (χ2v) is 12.9. The quantitative estimate of drug-likeness (QED) is 0.338. The number of carboxylic acids is 1. The molecule has 2 aromatic rings. The van der Waals surface area contributed by atoms with Gasteiger partial charge in [-0.1, -0.05) is 24.3 Å². The molecule has 1 atom stereocenters. The van der Waals surface area contributed by atoms with E-state index in [2.05, 4.69) is 0 Å². The molecule has 6 rings (SSSR count). The number of piperazine rings is 1. The van der Waals surface area contributed by atoms with Gasteiger partial charge >= 0.3 is 5.97 Å². The Hall–Kier alpha value is -4.25. The first-order valence-corrected chi connectivity index (χ1v) is 15.4. The van der Waals surface area contributed by atoms with Crippen molar-refractivity contribution in [3.63, 3.8) is 0 Å². The number of ketones is 1. The Balaban J connectivity index is 1.27. The zero-order valence-corrected chi connectivity index (χ0v) is 25.1. The minimum atomic E-state index is -1.03. The fourth-order valence-corrected chi connectivity index (χ4v) is 7.62. The molecule has 2 aromatic carbocycles. The van der Waals surface area contributed by atoms with Crippen LogP contribution in [0.1, 0.15) is 58.8 Å². The molecular formula is C33H40N6O5. The Morgan fingerprint density at radius 1 is 1.00 bits per heavy atom. The maximum absolute atomic E-state index is 14.1. The van der Waals surface area contributed by atoms with Crippen molar-refractivity contribution in [3.05, 3.63) is 64.7 Å². The summed E-state index contributed by atoms with van der Waals surface area (Å²) in [4.78, 5) is 60.1. The lowest BCUT2D eigenvalue weighted by Crippen LogP contribution is -2.55. The number of Topliss-reactive ketones (excluding diaryl/α,β-unsaturated/α-hetero) is 1. The lowest BCUT2D eigenvalue weighted by Gasteiger charge is -2.53. The molecule has 4 aliphatic rings. The number of fused-ring (bicyclic) bond motifs is 1. The average molecular weight is 601 g/mol. The first-order chi connectivity index (χ1) is 21.0. The van der Waals surface area contributed by atoms with Crippen LogP contribution in [0.15, 0.2) is 42.5 Å². The Morgan fingerprint density at radius 3 is 2.34 bits per heavy atom. The molecule has 3 fully saturated rings. The molecule has 44 heavy (non-hydrogen) atoms. The van der Waals surface area contributed by atoms with Crippen molar-refractivity contribution in [1.29, 1.82) is 5.41 Å². The topological polar surface area (TPSA) is 151 Å². The van der Waals surface area contributed by atoms with Crippen LogP contribution in [0, 0.1) is 16.7 Å². The summed E-state index contributed by atoms with van der Waals surface area (Å²) in [5.41, 5.74) is 9.13. The number of nitrogens with zero attached hydrogens (tertiary/aromatic N) is 4. The third-order valence-electron chi connectivity index (χ3n) is 10.1. The predicted molar refractivity (Wildman–Crippen MR) is 164 cm³/mol. The van der Waals surface area contributed by atoms with Crippen LogP contribution in [0.3, 0.4) is 0 Å². The molecule has 0 radical (unpaired) electrons. The van der Waals surface area contributed by atoms with Crippen molar-refractivity contribution in [3.8, 4) is 0 Å². The number of rotatable bonds is 6. The van der Waals surface area contributed by atoms with Crippen LogP contribution < -0.4 is 10.6 Å². The number of likely N-dealkylation sites (tertiary alicyclic amines) is 1. The number of carbonyl (C=O) groups is 4. The summed E-state index contributed by atoms with van der Waals surface area (Å²) < 4.78 is 0. The van der Waals surface area contributed by atoms with Gasteiger partial charge in [-0.15, -0.1) is 0 Å². The summed E-state index contributed by atoms with van der Waals surface area (Å²) in [5.74, 6) is -1.22. The summed E-state index contributed by atoms with van der Waals surface area (Å²) in [6, 6.07) is 11.2. The van der Waals surface area contributed by atoms with Crippen LogP contribution in [0.5, 0.6) is 0 Å². The van der Waals surface area contributed by atoms with E-state index in [9.17, 15) is 24.3 Å². The van der Waals surface area contributed by atoms with E-state index in [1.54, 1.807) is 17.0 Å². The van der Waals surface area contributed by atoms with Gasteiger partial charge in [0.2, 0.25) is 11.8 Å². The molecule has 4 N–H and O–H groups in total. The van der Waals surface area contributed by atoms with E-state index < -0.39 is 12.0 Å². The van der Waals surface area contributed by atoms with E-state index in [4.69, 9.17) is 11.1 Å². The number of anilines is 1. The first-order valence-electron chi connectivity index (χ1n) is 15.4. The van der Waals surface area contributed by atoms with Gasteiger partial charge in [0.15, 0.2) is 11.7 Å². The highest BCUT2D eigenvalue weighted by Crippen LogP contribution is 2.54. The van der Waals surface area contributed by atoms with Gasteiger partial charge in [0.1, 0.15) is 6.04 Å². The van der Waals surface area contributed by atoms with Gasteiger partial charge in [-0.2, -0.15) is 0 Å². The monoisotopic (exact) mass is 600 g/mol. The van der Waals surface area contributed by atoms with E-state index >= 15 is 0 Å². The molecule has 0 unspecified atom stereocenters. The standard InChI is InChI=1S/C33H40N6O5/c1-36-15-16-38(28(41)20-36)26-4-2-3-25-24(26)9-12-39(29(25)27(40)17-21-5-7-22(8-6-21)31(43)44)30(42)23-18-33(19-23)10-13-37(14-11-33)32(34)35/h2-8,23,29H,9-20H2,1H3,(H3,34,35)(H,43,44)/t29-/m1/s1. The number of piperidine rings is 1. The Kier molecular flexibility index (Phi) is 7.91. The summed E-state index contributed by atoms with van der Waals surface area (Å²) in [6.07, 6.45) is 3.95. The summed E-state index contributed by atoms with van der Waals surface area (Å²) in [5, 5.41) is 17.0. The SMILES string of the molecule is CN1CCN(c2cccc3c2CCN(C(=O)C2CC4(CCN(C(=N)N)CC4)C2)[C@H]3C(=O)Cc2ccc(C(=O)O)cc2)C(=O)C1. The molecule has 3 heterocycles. The summed E-state index contributed by atoms with van der Waals surface area (Å²) in [7, 11) is 1.92. The van der Waals surface area contributed by atoms with Crippen molar-refractivity contribution < 1.29 is 24.3 Å². The van der Waals surface area contributed by atoms with E-state index in [-0.39, 0.29) is 46.9 Å². The van der Waals surface area contributed by atoms with Crippen LogP contribution in [0.2, 0.25) is 0 Å². The normalized spacial score (nSPS) is 22.0. The molecule has 2 amide bonds. The number of carboxylic acid groups (broad SMARTS) is 1. The molecule has 2 saturated heterocycles. The van der Waals surface area contributed by atoms with Gasteiger partial charge in [-0.25, -0.2) is 4.79 Å². The van der Waals surface area contributed by atoms with Gasteiger partial charge in [0, 0.05) is 50.7 Å². The molecule has 11 nitrogen and oxygen atoms in total. The highest BCUT2D eigenvalue weighted by Gasteiger charge is 2.51. The number of likely N-dealkylation sites (N-methyl/N-ethyl adjacent to an activating group) is 1.